The van der Waals surface area contributed by atoms with Crippen LogP contribution >= 0.6 is 0 Å². The molecule has 0 spiro atoms. The summed E-state index contributed by atoms with van der Waals surface area (Å²) in [6.45, 7) is 10.0. The first kappa shape index (κ1) is 19.9. The summed E-state index contributed by atoms with van der Waals surface area (Å²) < 4.78 is 12.8. The molecule has 4 fully saturated rings. The Balaban J connectivity index is 1.54. The van der Waals surface area contributed by atoms with Crippen molar-refractivity contribution in [2.24, 2.45) is 28.6 Å². The minimum Gasteiger partial charge on any atom is -0.385 e. The third kappa shape index (κ3) is 2.33. The van der Waals surface area contributed by atoms with Crippen molar-refractivity contribution < 1.29 is 24.2 Å². The molecule has 0 radical (unpaired) electrons. The van der Waals surface area contributed by atoms with Gasteiger partial charge in [0.2, 0.25) is 0 Å². The summed E-state index contributed by atoms with van der Waals surface area (Å²) in [4.78, 5) is 25.1. The molecule has 5 aliphatic rings. The van der Waals surface area contributed by atoms with Gasteiger partial charge in [0, 0.05) is 5.41 Å². The molecule has 1 heterocycles. The van der Waals surface area contributed by atoms with Crippen molar-refractivity contribution in [2.45, 2.75) is 96.7 Å². The van der Waals surface area contributed by atoms with Gasteiger partial charge in [-0.15, -0.1) is 0 Å². The highest BCUT2D eigenvalue weighted by Crippen LogP contribution is 2.70. The number of allylic oxidation sites excluding steroid dienone is 1. The van der Waals surface area contributed by atoms with E-state index in [9.17, 15) is 14.7 Å². The molecule has 0 bridgehead atoms. The third-order valence-electron chi connectivity index (χ3n) is 9.51. The van der Waals surface area contributed by atoms with Gasteiger partial charge < -0.3 is 14.6 Å². The number of ketones is 2. The second-order valence-electron chi connectivity index (χ2n) is 11.2. The molecule has 0 aromatic carbocycles. The second-order valence-corrected chi connectivity index (χ2v) is 11.2. The van der Waals surface area contributed by atoms with Crippen molar-refractivity contribution in [3.63, 3.8) is 0 Å². The maximum absolute atomic E-state index is 13.0. The van der Waals surface area contributed by atoms with Crippen molar-refractivity contribution in [2.75, 3.05) is 0 Å². The average molecular weight is 403 g/mol. The zero-order chi connectivity index (χ0) is 21.0. The van der Waals surface area contributed by atoms with Crippen LogP contribution in [0.4, 0.5) is 0 Å². The van der Waals surface area contributed by atoms with Gasteiger partial charge in [0.25, 0.3) is 0 Å². The molecular formula is C24H34O5. The largest absolute Gasteiger partial charge is 0.385 e. The Bertz CT molecular complexity index is 814. The Labute approximate surface area is 173 Å². The summed E-state index contributed by atoms with van der Waals surface area (Å²) in [5.74, 6) is 0.486. The van der Waals surface area contributed by atoms with Crippen LogP contribution in [0.15, 0.2) is 11.6 Å². The van der Waals surface area contributed by atoms with Gasteiger partial charge in [-0.2, -0.15) is 0 Å². The topological polar surface area (TPSA) is 72.8 Å². The summed E-state index contributed by atoms with van der Waals surface area (Å²) in [5.41, 5.74) is 0.00927. The van der Waals surface area contributed by atoms with Crippen LogP contribution in [-0.2, 0) is 19.1 Å². The molecule has 0 amide bonds. The Morgan fingerprint density at radius 2 is 1.90 bits per heavy atom. The van der Waals surface area contributed by atoms with E-state index in [1.54, 1.807) is 13.0 Å². The molecule has 1 aliphatic heterocycles. The van der Waals surface area contributed by atoms with Crippen molar-refractivity contribution in [3.8, 4) is 0 Å². The fraction of sp³-hybridized carbons (Fsp3) is 0.833. The quantitative estimate of drug-likeness (QED) is 0.726. The smallest absolute Gasteiger partial charge is 0.184 e. The number of hydrogen-bond acceptors (Lipinski definition) is 5. The van der Waals surface area contributed by atoms with Crippen LogP contribution in [0.2, 0.25) is 0 Å². The van der Waals surface area contributed by atoms with Crippen molar-refractivity contribution in [3.05, 3.63) is 11.6 Å². The number of fused-ring (bicyclic) bond motifs is 7. The minimum atomic E-state index is -0.880. The molecular weight excluding hydrogens is 368 g/mol. The monoisotopic (exact) mass is 402 g/mol. The summed E-state index contributed by atoms with van der Waals surface area (Å²) >= 11 is 0. The second kappa shape index (κ2) is 5.80. The number of aliphatic hydroxyl groups is 1. The van der Waals surface area contributed by atoms with E-state index in [0.717, 1.165) is 32.1 Å². The maximum atomic E-state index is 13.0. The van der Waals surface area contributed by atoms with Crippen LogP contribution in [0.3, 0.4) is 0 Å². The highest BCUT2D eigenvalue weighted by Gasteiger charge is 2.75. The van der Waals surface area contributed by atoms with Gasteiger partial charge in [0.15, 0.2) is 23.0 Å². The van der Waals surface area contributed by atoms with Crippen molar-refractivity contribution in [1.29, 1.82) is 0 Å². The normalized spacial score (nSPS) is 52.8. The molecule has 4 aliphatic carbocycles. The highest BCUT2D eigenvalue weighted by molar-refractivity contribution is 5.95. The number of hydrogen-bond donors (Lipinski definition) is 1. The van der Waals surface area contributed by atoms with E-state index in [2.05, 4.69) is 13.8 Å². The average Bonchev–Trinajstić information content (AvgIpc) is 3.03. The maximum Gasteiger partial charge on any atom is 0.184 e. The molecule has 0 aromatic rings. The third-order valence-corrected chi connectivity index (χ3v) is 9.51. The van der Waals surface area contributed by atoms with E-state index in [-0.39, 0.29) is 28.5 Å². The van der Waals surface area contributed by atoms with Crippen LogP contribution in [0.5, 0.6) is 0 Å². The Morgan fingerprint density at radius 3 is 2.59 bits per heavy atom. The van der Waals surface area contributed by atoms with Crippen molar-refractivity contribution in [1.82, 2.24) is 0 Å². The number of Topliss-reactive ketones (excluding diaryl/α,β-unsaturated/α-hetero) is 1. The van der Waals surface area contributed by atoms with Gasteiger partial charge in [-0.25, -0.2) is 0 Å². The molecule has 3 saturated carbocycles. The Kier molecular flexibility index (Phi) is 3.98. The Morgan fingerprint density at radius 1 is 1.17 bits per heavy atom. The lowest BCUT2D eigenvalue weighted by atomic mass is 9.46. The zero-order valence-electron chi connectivity index (χ0n) is 18.3. The fourth-order valence-electron chi connectivity index (χ4n) is 8.37. The van der Waals surface area contributed by atoms with Gasteiger partial charge in [-0.3, -0.25) is 9.59 Å². The summed E-state index contributed by atoms with van der Waals surface area (Å²) in [6, 6.07) is 0. The predicted molar refractivity (Wildman–Crippen MR) is 107 cm³/mol. The van der Waals surface area contributed by atoms with Crippen LogP contribution in [0, 0.1) is 28.6 Å². The summed E-state index contributed by atoms with van der Waals surface area (Å²) in [5, 5.41) is 10.3. The molecule has 29 heavy (non-hydrogen) atoms. The van der Waals surface area contributed by atoms with Gasteiger partial charge in [0.1, 0.15) is 6.10 Å². The molecule has 1 saturated heterocycles. The first-order valence-electron chi connectivity index (χ1n) is 11.3. The summed E-state index contributed by atoms with van der Waals surface area (Å²) in [6.07, 6.45) is 5.92. The number of aliphatic hydroxyl groups excluding tert-OH is 1. The first-order chi connectivity index (χ1) is 13.4. The van der Waals surface area contributed by atoms with Crippen LogP contribution in [-0.4, -0.2) is 40.3 Å². The van der Waals surface area contributed by atoms with Gasteiger partial charge in [-0.05, 0) is 88.5 Å². The van der Waals surface area contributed by atoms with E-state index in [1.165, 1.54) is 5.57 Å². The number of carbonyl (C=O) groups excluding carboxylic acids is 2. The van der Waals surface area contributed by atoms with Gasteiger partial charge in [0.05, 0.1) is 6.10 Å². The lowest BCUT2D eigenvalue weighted by Crippen LogP contribution is -2.60. The van der Waals surface area contributed by atoms with E-state index < -0.39 is 17.5 Å². The summed E-state index contributed by atoms with van der Waals surface area (Å²) in [7, 11) is 0. The minimum absolute atomic E-state index is 0.0952. The standard InChI is InChI=1S/C24H34O5/c1-13(25)24-20(28-21(2,3)29-24)11-17-15-7-6-14-10-18(26)19(27)12-22(14,4)16(15)8-9-23(17,24)5/h10,15-17,19-20,27H,6-9,11-12H2,1-5H3/t15-,16+,17+,19?,20-,22+,23+,24-/m1/s1. The molecule has 5 rings (SSSR count). The fourth-order valence-corrected chi connectivity index (χ4v) is 8.37. The molecule has 160 valence electrons. The molecule has 0 aromatic heterocycles. The molecule has 8 atom stereocenters. The van der Waals surface area contributed by atoms with E-state index >= 15 is 0 Å². The van der Waals surface area contributed by atoms with E-state index in [1.807, 2.05) is 13.8 Å². The zero-order valence-corrected chi connectivity index (χ0v) is 18.3. The number of rotatable bonds is 1. The molecule has 1 N–H and O–H groups in total. The lowest BCUT2D eigenvalue weighted by molar-refractivity contribution is -0.214. The van der Waals surface area contributed by atoms with Crippen LogP contribution in [0.1, 0.15) is 73.1 Å². The van der Waals surface area contributed by atoms with E-state index in [0.29, 0.717) is 24.2 Å². The van der Waals surface area contributed by atoms with Gasteiger partial charge >= 0.3 is 0 Å². The highest BCUT2D eigenvalue weighted by atomic mass is 16.8. The van der Waals surface area contributed by atoms with Gasteiger partial charge in [-0.1, -0.05) is 19.4 Å². The molecule has 1 unspecified atom stereocenters. The van der Waals surface area contributed by atoms with Crippen LogP contribution < -0.4 is 0 Å². The lowest BCUT2D eigenvalue weighted by Gasteiger charge is -2.59. The first-order valence-corrected chi connectivity index (χ1v) is 11.3. The SMILES string of the molecule is CC(=O)[C@@]12OC(C)(C)O[C@@H]1C[C@H]1[C@@H]3CCC4=CC(=O)C(O)C[C@]4(C)[C@H]3CC[C@@]12C. The Hall–Kier alpha value is -1.04. The van der Waals surface area contributed by atoms with Crippen LogP contribution in [0.25, 0.3) is 0 Å². The molecule has 5 nitrogen and oxygen atoms in total. The predicted octanol–water partition coefficient (Wildman–Crippen LogP) is 3.58. The number of ether oxygens (including phenoxy) is 2. The number of carbonyl (C=O) groups is 2. The van der Waals surface area contributed by atoms with Crippen molar-refractivity contribution >= 4 is 11.6 Å². The molecule has 5 heteroatoms. The van der Waals surface area contributed by atoms with E-state index in [4.69, 9.17) is 9.47 Å².